The molecule has 0 unspecified atom stereocenters. The van der Waals surface area contributed by atoms with Crippen molar-refractivity contribution in [2.75, 3.05) is 25.7 Å². The van der Waals surface area contributed by atoms with Gasteiger partial charge in [0.05, 0.1) is 30.9 Å². The molecule has 11 heteroatoms. The third kappa shape index (κ3) is 4.92. The lowest BCUT2D eigenvalue weighted by atomic mass is 10.0. The third-order valence-electron chi connectivity index (χ3n) is 5.92. The second-order valence-corrected chi connectivity index (χ2v) is 8.26. The van der Waals surface area contributed by atoms with Crippen molar-refractivity contribution < 1.29 is 23.8 Å². The first-order valence-corrected chi connectivity index (χ1v) is 11.4. The molecule has 2 aromatic carbocycles. The van der Waals surface area contributed by atoms with Crippen LogP contribution in [0.15, 0.2) is 41.5 Å². The number of aromatic nitrogens is 3. The van der Waals surface area contributed by atoms with E-state index in [1.807, 2.05) is 0 Å². The average molecular weight is 518 g/mol. The van der Waals surface area contributed by atoms with Crippen LogP contribution in [0.1, 0.15) is 39.5 Å². The van der Waals surface area contributed by atoms with Gasteiger partial charge in [-0.2, -0.15) is 4.98 Å². The number of hydrogen-bond donors (Lipinski definition) is 3. The van der Waals surface area contributed by atoms with Crippen molar-refractivity contribution in [3.05, 3.63) is 80.5 Å². The van der Waals surface area contributed by atoms with Gasteiger partial charge in [-0.05, 0) is 36.8 Å². The Kier molecular flexibility index (Phi) is 7.16. The van der Waals surface area contributed by atoms with E-state index in [1.165, 1.54) is 32.7 Å². The molecule has 0 atom stereocenters. The molecule has 0 fully saturated rings. The predicted octanol–water partition coefficient (Wildman–Crippen LogP) is 2.82. The summed E-state index contributed by atoms with van der Waals surface area (Å²) in [7, 11) is 2.95. The zero-order chi connectivity index (χ0) is 27.6. The van der Waals surface area contributed by atoms with E-state index in [9.17, 15) is 14.7 Å². The van der Waals surface area contributed by atoms with E-state index in [0.717, 1.165) is 11.6 Å². The number of benzene rings is 2. The first-order valence-electron chi connectivity index (χ1n) is 11.4. The number of carboxylic acid groups (broad SMARTS) is 1. The number of aromatic carboxylic acids is 1. The van der Waals surface area contributed by atoms with Crippen LogP contribution in [0.3, 0.4) is 0 Å². The number of pyridine rings is 1. The fraction of sp³-hybridized carbons (Fsp3) is 0.185. The maximum absolute atomic E-state index is 15.1. The van der Waals surface area contributed by atoms with E-state index in [-0.39, 0.29) is 22.7 Å². The maximum Gasteiger partial charge on any atom is 0.341 e. The summed E-state index contributed by atoms with van der Waals surface area (Å²) in [5, 5.41) is 9.30. The second-order valence-electron chi connectivity index (χ2n) is 8.26. The largest absolute Gasteiger partial charge is 0.493 e. The molecule has 2 heterocycles. The van der Waals surface area contributed by atoms with Crippen LogP contribution in [0.4, 0.5) is 16.2 Å². The fourth-order valence-electron chi connectivity index (χ4n) is 4.06. The summed E-state index contributed by atoms with van der Waals surface area (Å²) in [4.78, 5) is 32.0. The van der Waals surface area contributed by atoms with Gasteiger partial charge in [0, 0.05) is 36.3 Å². The number of carbonyl (C=O) groups is 1. The number of hydrogen-bond acceptors (Lipinski definition) is 8. The van der Waals surface area contributed by atoms with Gasteiger partial charge in [0.1, 0.15) is 17.2 Å². The highest BCUT2D eigenvalue weighted by Crippen LogP contribution is 2.33. The minimum atomic E-state index is -1.38. The summed E-state index contributed by atoms with van der Waals surface area (Å²) < 4.78 is 27.6. The van der Waals surface area contributed by atoms with Crippen LogP contribution in [-0.4, -0.2) is 39.8 Å². The Morgan fingerprint density at radius 1 is 1.13 bits per heavy atom. The Balaban J connectivity index is 1.84. The number of aryl methyl sites for hydroxylation is 1. The SMILES string of the molecule is CCn1cc(C(=O)O)c(=O)c2cc(F)c(C#Cc3cc(Cc4cnc(N)nc4N)cc(OC)c3OC)cc21. The molecule has 5 N–H and O–H groups in total. The number of carboxylic acids is 1. The molecule has 0 saturated carbocycles. The Morgan fingerprint density at radius 2 is 1.87 bits per heavy atom. The summed E-state index contributed by atoms with van der Waals surface area (Å²) in [5.41, 5.74) is 12.6. The molecule has 4 rings (SSSR count). The highest BCUT2D eigenvalue weighted by atomic mass is 19.1. The molecular weight excluding hydrogens is 493 g/mol. The predicted molar refractivity (Wildman–Crippen MR) is 140 cm³/mol. The monoisotopic (exact) mass is 517 g/mol. The standard InChI is InChI=1S/C27H24FN5O5/c1-4-33-13-19(26(35)36)23(34)18-11-20(28)15(10-21(18)33)5-6-16-7-14(9-22(37-2)24(16)38-3)8-17-12-31-27(30)32-25(17)29/h7,9-13H,4,8H2,1-3H3,(H,35,36)(H4,29,30,31,32). The van der Waals surface area contributed by atoms with Crippen molar-refractivity contribution >= 4 is 28.6 Å². The van der Waals surface area contributed by atoms with Gasteiger partial charge in [0.25, 0.3) is 0 Å². The average Bonchev–Trinajstić information content (AvgIpc) is 2.89. The van der Waals surface area contributed by atoms with Crippen LogP contribution >= 0.6 is 0 Å². The Hall–Kier alpha value is -5.11. The second kappa shape index (κ2) is 10.5. The number of anilines is 2. The molecule has 0 amide bonds. The highest BCUT2D eigenvalue weighted by molar-refractivity contribution is 5.93. The number of nitrogen functional groups attached to an aromatic ring is 2. The topological polar surface area (TPSA) is 156 Å². The van der Waals surface area contributed by atoms with E-state index >= 15 is 4.39 Å². The maximum atomic E-state index is 15.1. The van der Waals surface area contributed by atoms with E-state index in [4.69, 9.17) is 20.9 Å². The Bertz CT molecular complexity index is 1700. The first-order chi connectivity index (χ1) is 18.2. The molecule has 0 aliphatic heterocycles. The van der Waals surface area contributed by atoms with Gasteiger partial charge in [0.2, 0.25) is 11.4 Å². The summed E-state index contributed by atoms with van der Waals surface area (Å²) in [6.07, 6.45) is 3.12. The summed E-state index contributed by atoms with van der Waals surface area (Å²) >= 11 is 0. The first kappa shape index (κ1) is 26.0. The van der Waals surface area contributed by atoms with Gasteiger partial charge in [-0.25, -0.2) is 14.2 Å². The van der Waals surface area contributed by atoms with Crippen LogP contribution in [0.2, 0.25) is 0 Å². The Morgan fingerprint density at radius 3 is 2.50 bits per heavy atom. The van der Waals surface area contributed by atoms with E-state index in [1.54, 1.807) is 23.6 Å². The fourth-order valence-corrected chi connectivity index (χ4v) is 4.06. The Labute approximate surface area is 216 Å². The quantitative estimate of drug-likeness (QED) is 0.327. The third-order valence-corrected chi connectivity index (χ3v) is 5.92. The molecule has 0 spiro atoms. The zero-order valence-electron chi connectivity index (χ0n) is 20.8. The van der Waals surface area contributed by atoms with Crippen molar-refractivity contribution in [3.8, 4) is 23.3 Å². The van der Waals surface area contributed by atoms with Crippen LogP contribution in [-0.2, 0) is 13.0 Å². The smallest absolute Gasteiger partial charge is 0.341 e. The number of fused-ring (bicyclic) bond motifs is 1. The van der Waals surface area contributed by atoms with Crippen molar-refractivity contribution in [2.24, 2.45) is 0 Å². The summed E-state index contributed by atoms with van der Waals surface area (Å²) in [6, 6.07) is 5.95. The zero-order valence-corrected chi connectivity index (χ0v) is 20.8. The van der Waals surface area contributed by atoms with Crippen LogP contribution in [0, 0.1) is 17.7 Å². The normalized spacial score (nSPS) is 10.6. The minimum Gasteiger partial charge on any atom is -0.493 e. The van der Waals surface area contributed by atoms with Crippen molar-refractivity contribution in [1.29, 1.82) is 0 Å². The molecule has 0 bridgehead atoms. The van der Waals surface area contributed by atoms with Gasteiger partial charge in [0.15, 0.2) is 11.5 Å². The van der Waals surface area contributed by atoms with Gasteiger partial charge >= 0.3 is 5.97 Å². The van der Waals surface area contributed by atoms with Gasteiger partial charge < -0.3 is 30.6 Å². The molecular formula is C27H24FN5O5. The molecule has 0 aliphatic rings. The number of ether oxygens (including phenoxy) is 2. The molecule has 4 aromatic rings. The van der Waals surface area contributed by atoms with Crippen molar-refractivity contribution in [1.82, 2.24) is 14.5 Å². The van der Waals surface area contributed by atoms with Crippen LogP contribution < -0.4 is 26.4 Å². The summed E-state index contributed by atoms with van der Waals surface area (Å²) in [6.45, 7) is 2.15. The number of rotatable bonds is 6. The van der Waals surface area contributed by atoms with Crippen LogP contribution in [0.25, 0.3) is 10.9 Å². The molecule has 10 nitrogen and oxygen atoms in total. The van der Waals surface area contributed by atoms with Crippen LogP contribution in [0.5, 0.6) is 11.5 Å². The lowest BCUT2D eigenvalue weighted by molar-refractivity contribution is 0.0695. The molecule has 2 aromatic heterocycles. The lowest BCUT2D eigenvalue weighted by Crippen LogP contribution is -2.19. The number of nitrogens with zero attached hydrogens (tertiary/aromatic N) is 3. The van der Waals surface area contributed by atoms with Crippen molar-refractivity contribution in [2.45, 2.75) is 19.9 Å². The molecule has 0 aliphatic carbocycles. The lowest BCUT2D eigenvalue weighted by Gasteiger charge is -2.13. The van der Waals surface area contributed by atoms with E-state index in [0.29, 0.717) is 41.1 Å². The van der Waals surface area contributed by atoms with E-state index in [2.05, 4.69) is 21.8 Å². The van der Waals surface area contributed by atoms with Gasteiger partial charge in [-0.15, -0.1) is 0 Å². The number of halogens is 1. The van der Waals surface area contributed by atoms with E-state index < -0.39 is 22.8 Å². The molecule has 38 heavy (non-hydrogen) atoms. The van der Waals surface area contributed by atoms with Gasteiger partial charge in [-0.3, -0.25) is 4.79 Å². The number of nitrogens with two attached hydrogens (primary N) is 2. The number of methoxy groups -OCH3 is 2. The molecule has 0 saturated heterocycles. The van der Waals surface area contributed by atoms with Crippen molar-refractivity contribution in [3.63, 3.8) is 0 Å². The molecule has 0 radical (unpaired) electrons. The van der Waals surface area contributed by atoms with Gasteiger partial charge in [-0.1, -0.05) is 11.8 Å². The highest BCUT2D eigenvalue weighted by Gasteiger charge is 2.17. The minimum absolute atomic E-state index is 0.0183. The summed E-state index contributed by atoms with van der Waals surface area (Å²) in [5.74, 6) is 4.66. The molecule has 194 valence electrons.